The van der Waals surface area contributed by atoms with E-state index >= 15 is 0 Å². The Labute approximate surface area is 219 Å². The van der Waals surface area contributed by atoms with Crippen LogP contribution in [0.15, 0.2) is 36.7 Å². The fraction of sp³-hybridized carbons (Fsp3) is 0.481. The topological polar surface area (TPSA) is 86.6 Å². The molecule has 1 amide bonds. The van der Waals surface area contributed by atoms with E-state index < -0.39 is 12.5 Å². The highest BCUT2D eigenvalue weighted by molar-refractivity contribution is 6.01. The number of methoxy groups -OCH3 is 1. The number of benzene rings is 1. The van der Waals surface area contributed by atoms with Crippen LogP contribution in [0.4, 0.5) is 8.78 Å². The van der Waals surface area contributed by atoms with E-state index in [1.165, 1.54) is 13.2 Å². The summed E-state index contributed by atoms with van der Waals surface area (Å²) >= 11 is 0. The zero-order valence-electron chi connectivity index (χ0n) is 21.7. The Kier molecular flexibility index (Phi) is 7.40. The van der Waals surface area contributed by atoms with E-state index in [0.29, 0.717) is 42.5 Å². The maximum Gasteiger partial charge on any atom is 0.387 e. The molecule has 3 aromatic rings. The molecule has 204 valence electrons. The van der Waals surface area contributed by atoms with Gasteiger partial charge in [0.1, 0.15) is 35.1 Å². The van der Waals surface area contributed by atoms with Gasteiger partial charge in [0.05, 0.1) is 32.2 Å². The molecule has 38 heavy (non-hydrogen) atoms. The lowest BCUT2D eigenvalue weighted by Gasteiger charge is -2.41. The SMILES string of the molecule is COc1cc(-c2cnc3cc(OCCN4CCOCC4(C)C)ccn23)cc(OC(F)F)c1C(=O)NC1CC1. The minimum atomic E-state index is -3.10. The minimum Gasteiger partial charge on any atom is -0.496 e. The van der Waals surface area contributed by atoms with Gasteiger partial charge in [-0.1, -0.05) is 0 Å². The molecule has 9 nitrogen and oxygen atoms in total. The molecule has 0 unspecified atom stereocenters. The molecule has 2 fully saturated rings. The van der Waals surface area contributed by atoms with E-state index in [1.54, 1.807) is 18.5 Å². The Hall–Kier alpha value is -3.44. The quantitative estimate of drug-likeness (QED) is 0.424. The van der Waals surface area contributed by atoms with Gasteiger partial charge in [0.2, 0.25) is 0 Å². The molecule has 0 radical (unpaired) electrons. The number of imidazole rings is 1. The van der Waals surface area contributed by atoms with Crippen molar-refractivity contribution in [1.29, 1.82) is 0 Å². The lowest BCUT2D eigenvalue weighted by atomic mass is 10.0. The van der Waals surface area contributed by atoms with E-state index in [2.05, 4.69) is 29.0 Å². The molecule has 1 aromatic carbocycles. The molecule has 3 heterocycles. The predicted molar refractivity (Wildman–Crippen MR) is 136 cm³/mol. The molecule has 2 aromatic heterocycles. The van der Waals surface area contributed by atoms with Crippen molar-refractivity contribution >= 4 is 11.6 Å². The summed E-state index contributed by atoms with van der Waals surface area (Å²) in [4.78, 5) is 19.6. The van der Waals surface area contributed by atoms with E-state index in [1.807, 2.05) is 16.5 Å². The zero-order chi connectivity index (χ0) is 26.9. The van der Waals surface area contributed by atoms with Crippen LogP contribution in [0.1, 0.15) is 37.0 Å². The number of nitrogens with zero attached hydrogens (tertiary/aromatic N) is 3. The standard InChI is InChI=1S/C27H32F2N4O5/c1-27(2)16-36-10-8-32(27)9-11-37-19-6-7-33-20(15-30-23(33)14-19)17-12-21(35-3)24(22(13-17)38-26(28)29)25(34)31-18-4-5-18/h6-7,12-15,18,26H,4-5,8-11,16H2,1-3H3,(H,31,34). The number of rotatable bonds is 10. The van der Waals surface area contributed by atoms with Gasteiger partial charge in [-0.3, -0.25) is 14.1 Å². The molecule has 1 aliphatic carbocycles. The number of hydrogen-bond donors (Lipinski definition) is 1. The van der Waals surface area contributed by atoms with Crippen LogP contribution in [0, 0.1) is 0 Å². The third kappa shape index (κ3) is 5.68. The van der Waals surface area contributed by atoms with Crippen LogP contribution >= 0.6 is 0 Å². The van der Waals surface area contributed by atoms with E-state index in [4.69, 9.17) is 18.9 Å². The third-order valence-corrected chi connectivity index (χ3v) is 6.87. The van der Waals surface area contributed by atoms with Crippen LogP contribution in [0.25, 0.3) is 16.9 Å². The van der Waals surface area contributed by atoms with Gasteiger partial charge in [0, 0.05) is 42.5 Å². The monoisotopic (exact) mass is 530 g/mol. The number of morpholine rings is 1. The summed E-state index contributed by atoms with van der Waals surface area (Å²) in [5.41, 5.74) is 1.65. The van der Waals surface area contributed by atoms with Crippen molar-refractivity contribution in [3.8, 4) is 28.5 Å². The molecular weight excluding hydrogens is 498 g/mol. The largest absolute Gasteiger partial charge is 0.496 e. The number of ether oxygens (including phenoxy) is 4. The number of nitrogens with one attached hydrogen (secondary N) is 1. The van der Waals surface area contributed by atoms with E-state index in [-0.39, 0.29) is 28.6 Å². The first-order valence-corrected chi connectivity index (χ1v) is 12.7. The third-order valence-electron chi connectivity index (χ3n) is 6.87. The van der Waals surface area contributed by atoms with Crippen LogP contribution in [-0.2, 0) is 4.74 Å². The number of carbonyl (C=O) groups is 1. The zero-order valence-corrected chi connectivity index (χ0v) is 21.7. The van der Waals surface area contributed by atoms with Gasteiger partial charge in [-0.2, -0.15) is 8.78 Å². The summed E-state index contributed by atoms with van der Waals surface area (Å²) in [5.74, 6) is 0.0461. The van der Waals surface area contributed by atoms with Crippen molar-refractivity contribution in [3.05, 3.63) is 42.2 Å². The van der Waals surface area contributed by atoms with E-state index in [9.17, 15) is 13.6 Å². The Morgan fingerprint density at radius 1 is 1.26 bits per heavy atom. The van der Waals surface area contributed by atoms with Crippen molar-refractivity contribution in [2.24, 2.45) is 0 Å². The Bertz CT molecular complexity index is 1310. The van der Waals surface area contributed by atoms with Gasteiger partial charge in [-0.05, 0) is 44.9 Å². The number of amides is 1. The second-order valence-electron chi connectivity index (χ2n) is 10.1. The molecule has 2 aliphatic rings. The Morgan fingerprint density at radius 3 is 2.76 bits per heavy atom. The van der Waals surface area contributed by atoms with Gasteiger partial charge in [-0.15, -0.1) is 0 Å². The Morgan fingerprint density at radius 2 is 2.05 bits per heavy atom. The maximum absolute atomic E-state index is 13.3. The number of halogens is 2. The van der Waals surface area contributed by atoms with Crippen LogP contribution in [0.5, 0.6) is 17.2 Å². The molecule has 0 bridgehead atoms. The summed E-state index contributed by atoms with van der Waals surface area (Å²) in [6.07, 6.45) is 5.14. The smallest absolute Gasteiger partial charge is 0.387 e. The second kappa shape index (κ2) is 10.7. The molecule has 1 aliphatic heterocycles. The highest BCUT2D eigenvalue weighted by atomic mass is 19.3. The first-order valence-electron chi connectivity index (χ1n) is 12.7. The number of alkyl halides is 2. The number of carbonyl (C=O) groups excluding carboxylic acids is 1. The highest BCUT2D eigenvalue weighted by Gasteiger charge is 2.31. The average Bonchev–Trinajstić information content (AvgIpc) is 3.59. The molecule has 0 spiro atoms. The van der Waals surface area contributed by atoms with Gasteiger partial charge in [-0.25, -0.2) is 4.98 Å². The normalized spacial score (nSPS) is 17.5. The summed E-state index contributed by atoms with van der Waals surface area (Å²) in [5, 5.41) is 2.81. The molecule has 11 heteroatoms. The fourth-order valence-corrected chi connectivity index (χ4v) is 4.64. The van der Waals surface area contributed by atoms with Crippen LogP contribution in [0.3, 0.4) is 0 Å². The van der Waals surface area contributed by atoms with Gasteiger partial charge in [0.15, 0.2) is 0 Å². The maximum atomic E-state index is 13.3. The fourth-order valence-electron chi connectivity index (χ4n) is 4.64. The number of hydrogen-bond acceptors (Lipinski definition) is 7. The minimum absolute atomic E-state index is 0.0361. The summed E-state index contributed by atoms with van der Waals surface area (Å²) < 4.78 is 50.1. The molecule has 1 N–H and O–H groups in total. The Balaban J connectivity index is 1.37. The van der Waals surface area contributed by atoms with Gasteiger partial charge < -0.3 is 24.3 Å². The lowest BCUT2D eigenvalue weighted by molar-refractivity contribution is -0.0547. The summed E-state index contributed by atoms with van der Waals surface area (Å²) in [7, 11) is 1.38. The van der Waals surface area contributed by atoms with Crippen molar-refractivity contribution in [2.45, 2.75) is 44.9 Å². The molecular formula is C27H32F2N4O5. The number of aromatic nitrogens is 2. The van der Waals surface area contributed by atoms with Gasteiger partial charge in [0.25, 0.3) is 5.91 Å². The van der Waals surface area contributed by atoms with Crippen molar-refractivity contribution in [1.82, 2.24) is 19.6 Å². The molecule has 1 saturated carbocycles. The summed E-state index contributed by atoms with van der Waals surface area (Å²) in [6, 6.07) is 6.72. The van der Waals surface area contributed by atoms with Crippen molar-refractivity contribution in [3.63, 3.8) is 0 Å². The first kappa shape index (κ1) is 26.2. The first-order chi connectivity index (χ1) is 18.2. The number of fused-ring (bicyclic) bond motifs is 1. The predicted octanol–water partition coefficient (Wildman–Crippen LogP) is 3.99. The van der Waals surface area contributed by atoms with Crippen LogP contribution in [0.2, 0.25) is 0 Å². The van der Waals surface area contributed by atoms with E-state index in [0.717, 1.165) is 25.9 Å². The average molecular weight is 531 g/mol. The van der Waals surface area contributed by atoms with Gasteiger partial charge >= 0.3 is 6.61 Å². The molecule has 5 rings (SSSR count). The van der Waals surface area contributed by atoms with Crippen LogP contribution in [-0.4, -0.2) is 78.4 Å². The highest BCUT2D eigenvalue weighted by Crippen LogP contribution is 2.37. The number of pyridine rings is 1. The molecule has 1 saturated heterocycles. The lowest BCUT2D eigenvalue weighted by Crippen LogP contribution is -2.54. The second-order valence-corrected chi connectivity index (χ2v) is 10.1. The summed E-state index contributed by atoms with van der Waals surface area (Å²) in [6.45, 7) is 4.77. The van der Waals surface area contributed by atoms with Crippen LogP contribution < -0.4 is 19.5 Å². The molecule has 0 atom stereocenters. The van der Waals surface area contributed by atoms with Crippen molar-refractivity contribution in [2.75, 3.05) is 40.0 Å². The van der Waals surface area contributed by atoms with Crippen molar-refractivity contribution < 1.29 is 32.5 Å².